The highest BCUT2D eigenvalue weighted by Crippen LogP contribution is 2.19. The van der Waals surface area contributed by atoms with Crippen LogP contribution in [0.25, 0.3) is 0 Å². The first-order valence-electron chi connectivity index (χ1n) is 6.02. The number of hydrogen-bond donors (Lipinski definition) is 1. The fraction of sp³-hybridized carbons (Fsp3) is 0.909. The lowest BCUT2D eigenvalue weighted by atomic mass is 9.99. The van der Waals surface area contributed by atoms with Crippen LogP contribution in [0.4, 0.5) is 0 Å². The fourth-order valence-corrected chi connectivity index (χ4v) is 2.66. The van der Waals surface area contributed by atoms with Gasteiger partial charge in [0, 0.05) is 13.1 Å². The van der Waals surface area contributed by atoms with Crippen LogP contribution in [0, 0.1) is 5.92 Å². The van der Waals surface area contributed by atoms with Crippen molar-refractivity contribution in [3.63, 3.8) is 0 Å². The smallest absolute Gasteiger partial charge is 0.247 e. The average Bonchev–Trinajstić information content (AvgIpc) is 2.24. The molecule has 1 unspecified atom stereocenters. The number of carbonyl (C=O) groups is 1. The summed E-state index contributed by atoms with van der Waals surface area (Å²) in [4.78, 5) is 17.1. The van der Waals surface area contributed by atoms with Crippen molar-refractivity contribution in [2.24, 2.45) is 5.92 Å². The van der Waals surface area contributed by atoms with Crippen LogP contribution < -0.4 is 5.48 Å². The first-order chi connectivity index (χ1) is 8.09. The number of hydroxylamine groups is 1. The summed E-state index contributed by atoms with van der Waals surface area (Å²) in [5.41, 5.74) is 1.95. The van der Waals surface area contributed by atoms with Crippen LogP contribution in [0.15, 0.2) is 0 Å². The summed E-state index contributed by atoms with van der Waals surface area (Å²) >= 11 is 0. The lowest BCUT2D eigenvalue weighted by Gasteiger charge is -2.30. The van der Waals surface area contributed by atoms with Crippen LogP contribution in [0.5, 0.6) is 0 Å². The van der Waals surface area contributed by atoms with Gasteiger partial charge in [-0.15, -0.1) is 0 Å². The molecular weight excluding hydrogens is 256 g/mol. The normalized spacial score (nSPS) is 22.8. The summed E-state index contributed by atoms with van der Waals surface area (Å²) in [6.07, 6.45) is 2.55. The number of rotatable bonds is 3. The highest BCUT2D eigenvalue weighted by atomic mass is 32.2. The predicted octanol–water partition coefficient (Wildman–Crippen LogP) is 0.504. The Morgan fingerprint density at radius 3 is 2.50 bits per heavy atom. The molecule has 1 rings (SSSR count). The molecular formula is C11H22N2O4S. The second kappa shape index (κ2) is 5.54. The Bertz CT molecular complexity index is 400. The molecule has 1 aliphatic rings. The van der Waals surface area contributed by atoms with E-state index in [1.165, 1.54) is 10.6 Å². The van der Waals surface area contributed by atoms with Crippen molar-refractivity contribution in [1.29, 1.82) is 0 Å². The molecule has 1 N–H and O–H groups in total. The SMILES string of the molecule is CC(C)(C)ONC(=O)C1CCCN(S(C)(=O)=O)C1. The molecule has 0 aromatic rings. The Kier molecular flexibility index (Phi) is 4.74. The zero-order valence-electron chi connectivity index (χ0n) is 11.4. The first kappa shape index (κ1) is 15.4. The van der Waals surface area contributed by atoms with Crippen molar-refractivity contribution in [1.82, 2.24) is 9.79 Å². The van der Waals surface area contributed by atoms with Gasteiger partial charge in [0.05, 0.1) is 17.8 Å². The quantitative estimate of drug-likeness (QED) is 0.763. The Morgan fingerprint density at radius 2 is 2.00 bits per heavy atom. The summed E-state index contributed by atoms with van der Waals surface area (Å²) in [5, 5.41) is 0. The fourth-order valence-electron chi connectivity index (χ4n) is 1.74. The second-order valence-electron chi connectivity index (χ2n) is 5.64. The zero-order chi connectivity index (χ0) is 14.0. The van der Waals surface area contributed by atoms with E-state index in [9.17, 15) is 13.2 Å². The predicted molar refractivity (Wildman–Crippen MR) is 68.1 cm³/mol. The molecule has 0 saturated carbocycles. The highest BCUT2D eigenvalue weighted by Gasteiger charge is 2.30. The second-order valence-corrected chi connectivity index (χ2v) is 7.62. The summed E-state index contributed by atoms with van der Waals surface area (Å²) in [6.45, 7) is 6.21. The molecule has 1 aliphatic heterocycles. The Balaban J connectivity index is 2.54. The van der Waals surface area contributed by atoms with Gasteiger partial charge >= 0.3 is 0 Å². The van der Waals surface area contributed by atoms with Crippen LogP contribution >= 0.6 is 0 Å². The van der Waals surface area contributed by atoms with Crippen LogP contribution in [0.1, 0.15) is 33.6 Å². The van der Waals surface area contributed by atoms with Gasteiger partial charge in [-0.05, 0) is 33.6 Å². The molecule has 0 aromatic carbocycles. The lowest BCUT2D eigenvalue weighted by molar-refractivity contribution is -0.150. The standard InChI is InChI=1S/C11H22N2O4S/c1-11(2,3)17-12-10(14)9-6-5-7-13(8-9)18(4,15)16/h9H,5-8H2,1-4H3,(H,12,14). The molecule has 106 valence electrons. The van der Waals surface area contributed by atoms with Gasteiger partial charge < -0.3 is 0 Å². The maximum atomic E-state index is 11.9. The molecule has 1 heterocycles. The number of piperidine rings is 1. The third-order valence-corrected chi connectivity index (χ3v) is 3.95. The van der Waals surface area contributed by atoms with Crippen LogP contribution in [-0.4, -0.2) is 43.6 Å². The topological polar surface area (TPSA) is 75.7 Å². The van der Waals surface area contributed by atoms with E-state index in [1.807, 2.05) is 20.8 Å². The Labute approximate surface area is 109 Å². The number of sulfonamides is 1. The highest BCUT2D eigenvalue weighted by molar-refractivity contribution is 7.88. The molecule has 0 bridgehead atoms. The van der Waals surface area contributed by atoms with Crippen molar-refractivity contribution in [2.75, 3.05) is 19.3 Å². The molecule has 18 heavy (non-hydrogen) atoms. The van der Waals surface area contributed by atoms with E-state index in [0.717, 1.165) is 0 Å². The maximum Gasteiger partial charge on any atom is 0.247 e. The van der Waals surface area contributed by atoms with Gasteiger partial charge in [-0.3, -0.25) is 9.63 Å². The molecule has 6 nitrogen and oxygen atoms in total. The van der Waals surface area contributed by atoms with Crippen molar-refractivity contribution < 1.29 is 18.0 Å². The van der Waals surface area contributed by atoms with Gasteiger partial charge in [-0.1, -0.05) is 0 Å². The van der Waals surface area contributed by atoms with Gasteiger partial charge in [0.25, 0.3) is 0 Å². The average molecular weight is 278 g/mol. The number of nitrogens with zero attached hydrogens (tertiary/aromatic N) is 1. The van der Waals surface area contributed by atoms with Crippen molar-refractivity contribution in [3.8, 4) is 0 Å². The monoisotopic (exact) mass is 278 g/mol. The first-order valence-corrected chi connectivity index (χ1v) is 7.87. The molecule has 0 aliphatic carbocycles. The molecule has 1 amide bonds. The number of carbonyl (C=O) groups excluding carboxylic acids is 1. The van der Waals surface area contributed by atoms with Crippen molar-refractivity contribution >= 4 is 15.9 Å². The third kappa shape index (κ3) is 4.91. The number of amides is 1. The molecule has 1 atom stereocenters. The minimum absolute atomic E-state index is 0.234. The molecule has 0 radical (unpaired) electrons. The molecule has 7 heteroatoms. The largest absolute Gasteiger partial charge is 0.272 e. The van der Waals surface area contributed by atoms with Crippen molar-refractivity contribution in [2.45, 2.75) is 39.2 Å². The van der Waals surface area contributed by atoms with Crippen LogP contribution in [0.3, 0.4) is 0 Å². The molecule has 1 fully saturated rings. The third-order valence-electron chi connectivity index (χ3n) is 2.68. The summed E-state index contributed by atoms with van der Waals surface area (Å²) in [6, 6.07) is 0. The Morgan fingerprint density at radius 1 is 1.39 bits per heavy atom. The van der Waals surface area contributed by atoms with Gasteiger partial charge in [-0.25, -0.2) is 18.2 Å². The van der Waals surface area contributed by atoms with E-state index in [2.05, 4.69) is 5.48 Å². The molecule has 1 saturated heterocycles. The number of hydrogen-bond acceptors (Lipinski definition) is 4. The molecule has 0 aromatic heterocycles. The van der Waals surface area contributed by atoms with Crippen molar-refractivity contribution in [3.05, 3.63) is 0 Å². The zero-order valence-corrected chi connectivity index (χ0v) is 12.2. The van der Waals surface area contributed by atoms with Gasteiger partial charge in [0.1, 0.15) is 0 Å². The Hall–Kier alpha value is -0.660. The maximum absolute atomic E-state index is 11.9. The summed E-state index contributed by atoms with van der Waals surface area (Å²) in [7, 11) is -3.22. The lowest BCUT2D eigenvalue weighted by Crippen LogP contribution is -2.46. The van der Waals surface area contributed by atoms with E-state index >= 15 is 0 Å². The molecule has 0 spiro atoms. The van der Waals surface area contributed by atoms with Gasteiger partial charge in [0.2, 0.25) is 15.9 Å². The van der Waals surface area contributed by atoms with E-state index in [1.54, 1.807) is 0 Å². The minimum Gasteiger partial charge on any atom is -0.272 e. The van der Waals surface area contributed by atoms with E-state index in [-0.39, 0.29) is 18.4 Å². The van der Waals surface area contributed by atoms with Crippen LogP contribution in [-0.2, 0) is 19.7 Å². The number of nitrogens with one attached hydrogen (secondary N) is 1. The van der Waals surface area contributed by atoms with E-state index < -0.39 is 15.6 Å². The van der Waals surface area contributed by atoms with Gasteiger partial charge in [0.15, 0.2) is 0 Å². The summed E-state index contributed by atoms with van der Waals surface area (Å²) in [5.74, 6) is -0.589. The van der Waals surface area contributed by atoms with E-state index in [4.69, 9.17) is 4.84 Å². The van der Waals surface area contributed by atoms with Crippen LogP contribution in [0.2, 0.25) is 0 Å². The summed E-state index contributed by atoms with van der Waals surface area (Å²) < 4.78 is 24.2. The van der Waals surface area contributed by atoms with E-state index in [0.29, 0.717) is 19.4 Å². The van der Waals surface area contributed by atoms with Gasteiger partial charge in [-0.2, -0.15) is 0 Å². The minimum atomic E-state index is -3.22.